The van der Waals surface area contributed by atoms with Gasteiger partial charge in [-0.25, -0.2) is 0 Å². The van der Waals surface area contributed by atoms with Crippen molar-refractivity contribution in [2.45, 2.75) is 62.2 Å². The van der Waals surface area contributed by atoms with Crippen LogP contribution in [0.3, 0.4) is 0 Å². The van der Waals surface area contributed by atoms with Crippen LogP contribution in [0.25, 0.3) is 12.2 Å². The first-order valence-corrected chi connectivity index (χ1v) is 35.3. The van der Waals surface area contributed by atoms with Crippen LogP contribution in [-0.4, -0.2) is 115 Å². The van der Waals surface area contributed by atoms with Crippen LogP contribution in [0.2, 0.25) is 0 Å². The molecule has 36 heteroatoms. The Morgan fingerprint density at radius 2 is 1.11 bits per heavy atom. The fraction of sp³-hybridized carbons (Fsp3) is 0.172. The van der Waals surface area contributed by atoms with E-state index in [1.807, 2.05) is 37.5 Å². The van der Waals surface area contributed by atoms with Gasteiger partial charge in [-0.2, -0.15) is 31.8 Å². The molecule has 0 unspecified atom stereocenters. The lowest BCUT2D eigenvalue weighted by molar-refractivity contribution is -0.120. The molecule has 3 aromatic heterocycles. The molecule has 6 amide bonds. The number of Topliss-reactive ketones (excluding diaryl/α,β-unsaturated/α-hetero) is 2. The monoisotopic (exact) mass is 1450 g/mol. The molecule has 0 fully saturated rings. The maximum Gasteiger partial charge on any atom is 0.296 e. The summed E-state index contributed by atoms with van der Waals surface area (Å²) < 4.78 is 71.3. The minimum absolute atomic E-state index is 0.00749. The second kappa shape index (κ2) is 32.8. The molecular formula is C64H63N17O14S5. The maximum absolute atomic E-state index is 13.6. The minimum atomic E-state index is -5.40. The summed E-state index contributed by atoms with van der Waals surface area (Å²) in [6.07, 6.45) is 2.55. The zero-order valence-corrected chi connectivity index (χ0v) is 57.9. The summed E-state index contributed by atoms with van der Waals surface area (Å²) in [7, 11) is -10.0. The van der Waals surface area contributed by atoms with E-state index < -0.39 is 87.2 Å². The molecule has 0 spiro atoms. The molecule has 0 aliphatic heterocycles. The number of benzene rings is 5. The highest BCUT2D eigenvalue weighted by atomic mass is 32.2. The molecule has 0 atom stereocenters. The minimum Gasteiger partial charge on any atom is -0.372 e. The lowest BCUT2D eigenvalue weighted by Crippen LogP contribution is -2.21. The highest BCUT2D eigenvalue weighted by molar-refractivity contribution is 7.98. The van der Waals surface area contributed by atoms with E-state index in [4.69, 9.17) is 32.2 Å². The Labute approximate surface area is 584 Å². The number of amides is 6. The summed E-state index contributed by atoms with van der Waals surface area (Å²) in [5.41, 5.74) is 18.1. The highest BCUT2D eigenvalue weighted by Gasteiger charge is 2.32. The Hall–Kier alpha value is -11.3. The maximum atomic E-state index is 13.6. The molecule has 13 N–H and O–H groups in total. The first-order valence-electron chi connectivity index (χ1n) is 29.8. The Balaban J connectivity index is 1.23. The lowest BCUT2D eigenvalue weighted by atomic mass is 10.1. The van der Waals surface area contributed by atoms with Crippen LogP contribution in [0.4, 0.5) is 73.1 Å². The van der Waals surface area contributed by atoms with E-state index in [9.17, 15) is 64.3 Å². The summed E-state index contributed by atoms with van der Waals surface area (Å²) in [6, 6.07) is 28.5. The van der Waals surface area contributed by atoms with Crippen molar-refractivity contribution in [3.63, 3.8) is 0 Å². The molecule has 0 saturated heterocycles. The van der Waals surface area contributed by atoms with Crippen molar-refractivity contribution in [3.8, 4) is 0 Å². The Morgan fingerprint density at radius 1 is 0.580 bits per heavy atom. The van der Waals surface area contributed by atoms with Crippen molar-refractivity contribution in [1.82, 2.24) is 15.0 Å². The van der Waals surface area contributed by atoms with Gasteiger partial charge in [0.25, 0.3) is 43.9 Å². The third-order valence-corrected chi connectivity index (χ3v) is 19.1. The Bertz CT molecular complexity index is 4930. The third-order valence-electron chi connectivity index (χ3n) is 14.3. The largest absolute Gasteiger partial charge is 0.372 e. The number of aromatic nitrogens is 3. The zero-order chi connectivity index (χ0) is 72.8. The average Bonchev–Trinajstić information content (AvgIpc) is 1.61. The van der Waals surface area contributed by atoms with Crippen LogP contribution in [0.1, 0.15) is 87.9 Å². The summed E-state index contributed by atoms with van der Waals surface area (Å²) in [5, 5.41) is 31.1. The first-order chi connectivity index (χ1) is 47.5. The number of hydrogen-bond acceptors (Lipinski definition) is 26. The van der Waals surface area contributed by atoms with Gasteiger partial charge in [-0.05, 0) is 150 Å². The Kier molecular flexibility index (Phi) is 24.5. The van der Waals surface area contributed by atoms with Crippen LogP contribution < -0.4 is 53.6 Å². The zero-order valence-electron chi connectivity index (χ0n) is 53.8. The molecule has 518 valence electrons. The van der Waals surface area contributed by atoms with Crippen LogP contribution in [-0.2, 0) is 50.0 Å². The summed E-state index contributed by atoms with van der Waals surface area (Å²) in [5.74, 6) is -6.79. The van der Waals surface area contributed by atoms with Crippen LogP contribution >= 0.6 is 34.4 Å². The van der Waals surface area contributed by atoms with E-state index in [1.54, 1.807) is 54.6 Å². The number of thiophene rings is 2. The van der Waals surface area contributed by atoms with Gasteiger partial charge in [0, 0.05) is 70.8 Å². The number of ketones is 2. The topological polar surface area (TPSA) is 478 Å². The van der Waals surface area contributed by atoms with Gasteiger partial charge in [0.15, 0.2) is 26.7 Å². The molecule has 0 aliphatic rings. The molecule has 0 saturated carbocycles. The second-order valence-corrected chi connectivity index (χ2v) is 26.9. The normalized spacial score (nSPS) is 11.9. The number of nitrogens with one attached hydrogen (secondary N) is 5. The predicted octanol–water partition coefficient (Wildman–Crippen LogP) is 10.9. The van der Waals surface area contributed by atoms with E-state index in [-0.39, 0.29) is 88.4 Å². The Morgan fingerprint density at radius 3 is 1.62 bits per heavy atom. The van der Waals surface area contributed by atoms with Crippen molar-refractivity contribution < 1.29 is 64.3 Å². The van der Waals surface area contributed by atoms with Gasteiger partial charge in [-0.15, -0.1) is 43.1 Å². The third kappa shape index (κ3) is 19.1. The SMILES string of the molecule is CCN(CC)c1ccc(N=Nc2sc(C=C(C(C)=O)C(=O)Nc3cccc(NC=O)c3)cc2C(N)=O)c(Nc2nc(Nc3cc(N(CC)CC)ccc3N=Nc3sc(C=C(C(C)=O)C(=O)Nc4cccc(C(N)=O)c4)c(S(=O)(=O)O)c3C(N)=O)nc(SCc3cccc(S(=O)(=O)O)c3)n2)c1. The number of thioether (sulfide) groups is 1. The van der Waals surface area contributed by atoms with E-state index >= 15 is 0 Å². The van der Waals surface area contributed by atoms with Gasteiger partial charge >= 0.3 is 0 Å². The van der Waals surface area contributed by atoms with E-state index in [1.165, 1.54) is 73.7 Å². The van der Waals surface area contributed by atoms with Crippen molar-refractivity contribution >= 4 is 187 Å². The fourth-order valence-corrected chi connectivity index (χ4v) is 14.0. The molecule has 8 aromatic rings. The molecular weight excluding hydrogens is 1390 g/mol. The lowest BCUT2D eigenvalue weighted by Gasteiger charge is -2.22. The van der Waals surface area contributed by atoms with Gasteiger partial charge in [0.2, 0.25) is 24.2 Å². The number of hydrogen-bond donors (Lipinski definition) is 10. The van der Waals surface area contributed by atoms with Crippen LogP contribution in [0, 0.1) is 0 Å². The van der Waals surface area contributed by atoms with E-state index in [0.29, 0.717) is 66.6 Å². The summed E-state index contributed by atoms with van der Waals surface area (Å²) in [4.78, 5) is 119. The molecule has 100 heavy (non-hydrogen) atoms. The van der Waals surface area contributed by atoms with Crippen LogP contribution in [0.15, 0.2) is 162 Å². The standard InChI is InChI=1S/C64H63N17O14S5/c1-7-80(8-2)41-20-22-48(76-78-60-47(56(66)86)30-43(97-60)29-45(34(5)83)58(88)70-40-18-13-16-38(26-40)68-33-82)50(27-41)71-62-73-63(75-64(74-62)96-32-36-14-11-19-44(24-36)99(90,91)92)72-51-28-42(81(9-3)10-4)21-23-49(51)77-79-61-53(57(67)87)54(100(93,94)95)52(98-61)31-46(35(6)84)59(89)69-39-17-12-15-37(25-39)55(65)85/h11-31,33H,7-10,32H2,1-6H3,(H2,65,85)(H2,66,86)(H2,67,87)(H,68,82)(H,69,89)(H,70,88)(H,90,91,92)(H,93,94,95)(H2,71,72,73,74,75). The second-order valence-electron chi connectivity index (χ2n) is 21.0. The molecule has 31 nitrogen and oxygen atoms in total. The van der Waals surface area contributed by atoms with E-state index in [0.717, 1.165) is 36.1 Å². The van der Waals surface area contributed by atoms with Gasteiger partial charge in [-0.3, -0.25) is 47.5 Å². The number of nitrogens with two attached hydrogens (primary N) is 3. The number of carbonyl (C=O) groups is 8. The molecule has 0 aliphatic carbocycles. The molecule has 5 aromatic carbocycles. The van der Waals surface area contributed by atoms with Gasteiger partial charge in [0.05, 0.1) is 43.4 Å². The summed E-state index contributed by atoms with van der Waals surface area (Å²) >= 11 is 2.34. The van der Waals surface area contributed by atoms with Crippen molar-refractivity contribution in [1.29, 1.82) is 0 Å². The number of primary amides is 3. The first kappa shape index (κ1) is 74.5. The van der Waals surface area contributed by atoms with Crippen LogP contribution in [0.5, 0.6) is 0 Å². The van der Waals surface area contributed by atoms with Crippen molar-refractivity contribution in [2.75, 3.05) is 62.6 Å². The molecule has 3 heterocycles. The van der Waals surface area contributed by atoms with Gasteiger partial charge in [-0.1, -0.05) is 36.0 Å². The van der Waals surface area contributed by atoms with Crippen molar-refractivity contribution in [3.05, 3.63) is 158 Å². The molecule has 0 radical (unpaired) electrons. The fourth-order valence-electron chi connectivity index (χ4n) is 9.52. The quantitative estimate of drug-likeness (QED) is 0.00356. The summed E-state index contributed by atoms with van der Waals surface area (Å²) in [6.45, 7) is 12.1. The van der Waals surface area contributed by atoms with Gasteiger partial charge in [0.1, 0.15) is 16.3 Å². The number of carbonyl (C=O) groups excluding carboxylic acids is 8. The predicted molar refractivity (Wildman–Crippen MR) is 382 cm³/mol. The highest BCUT2D eigenvalue weighted by Crippen LogP contribution is 2.43. The smallest absolute Gasteiger partial charge is 0.296 e. The number of nitrogens with zero attached hydrogens (tertiary/aromatic N) is 9. The number of rotatable bonds is 32. The van der Waals surface area contributed by atoms with E-state index in [2.05, 4.69) is 47.0 Å². The molecule has 0 bridgehead atoms. The number of azo groups is 2. The van der Waals surface area contributed by atoms with Crippen molar-refractivity contribution in [2.24, 2.45) is 37.7 Å². The average molecular weight is 1450 g/mol. The number of anilines is 9. The molecule has 8 rings (SSSR count). The van der Waals surface area contributed by atoms with Gasteiger partial charge < -0.3 is 53.6 Å².